The van der Waals surface area contributed by atoms with E-state index in [-0.39, 0.29) is 41.8 Å². The lowest BCUT2D eigenvalue weighted by molar-refractivity contribution is -0.241. The van der Waals surface area contributed by atoms with Gasteiger partial charge in [0, 0.05) is 11.8 Å². The van der Waals surface area contributed by atoms with Crippen LogP contribution in [0.3, 0.4) is 0 Å². The average Bonchev–Trinajstić information content (AvgIpc) is 3.08. The summed E-state index contributed by atoms with van der Waals surface area (Å²) in [6.45, 7) is 7.27. The Kier molecular flexibility index (Phi) is 2.28. The number of hydrogen-bond donors (Lipinski definition) is 1. The molecule has 0 amide bonds. The van der Waals surface area contributed by atoms with Gasteiger partial charge in [-0.05, 0) is 33.1 Å². The maximum atomic E-state index is 13.0. The van der Waals surface area contributed by atoms with Crippen LogP contribution in [0.2, 0.25) is 0 Å². The lowest BCUT2D eigenvalue weighted by Crippen LogP contribution is -2.49. The molecular formula is C17H22O6. The number of ketones is 1. The summed E-state index contributed by atoms with van der Waals surface area (Å²) in [5, 5.41) is 10.8. The second kappa shape index (κ2) is 3.65. The zero-order chi connectivity index (χ0) is 16.5. The minimum atomic E-state index is -1.63. The second-order valence-corrected chi connectivity index (χ2v) is 8.60. The molecule has 3 aliphatic heterocycles. The highest BCUT2D eigenvalue weighted by molar-refractivity contribution is 5.96. The fraction of sp³-hybridized carbons (Fsp3) is 0.882. The van der Waals surface area contributed by atoms with Crippen LogP contribution in [0.5, 0.6) is 0 Å². The minimum absolute atomic E-state index is 0.0440. The predicted molar refractivity (Wildman–Crippen MR) is 76.0 cm³/mol. The third-order valence-corrected chi connectivity index (χ3v) is 7.57. The molecule has 0 aromatic carbocycles. The molecule has 23 heavy (non-hydrogen) atoms. The Labute approximate surface area is 134 Å². The summed E-state index contributed by atoms with van der Waals surface area (Å²) in [5.41, 5.74) is -1.87. The first-order valence-corrected chi connectivity index (χ1v) is 8.45. The van der Waals surface area contributed by atoms with E-state index in [9.17, 15) is 14.7 Å². The number of rotatable bonds is 0. The van der Waals surface area contributed by atoms with Crippen molar-refractivity contribution in [2.24, 2.45) is 28.6 Å². The number of carbonyl (C=O) groups is 2. The van der Waals surface area contributed by atoms with E-state index in [1.54, 1.807) is 6.92 Å². The van der Waals surface area contributed by atoms with Crippen molar-refractivity contribution in [2.75, 3.05) is 0 Å². The Morgan fingerprint density at radius 2 is 1.87 bits per heavy atom. The SMILES string of the molecule is C[C@@H]1C[C@@H]2OC(=O)[C@]3(C)C2[C@@H](OC3(C)O)[C@]2(C)C(=O)[C@H]3O[C@H]3[C@@H]12. The molecule has 10 atom stereocenters. The van der Waals surface area contributed by atoms with Crippen molar-refractivity contribution in [3.63, 3.8) is 0 Å². The molecule has 3 saturated heterocycles. The lowest BCUT2D eigenvalue weighted by atomic mass is 9.64. The van der Waals surface area contributed by atoms with Gasteiger partial charge in [0.2, 0.25) is 0 Å². The molecule has 2 unspecified atom stereocenters. The first-order chi connectivity index (χ1) is 10.6. The van der Waals surface area contributed by atoms with Crippen molar-refractivity contribution in [3.8, 4) is 0 Å². The Balaban J connectivity index is 1.71. The minimum Gasteiger partial charge on any atom is -0.461 e. The number of carbonyl (C=O) groups excluding carboxylic acids is 2. The number of esters is 1. The highest BCUT2D eigenvalue weighted by Gasteiger charge is 2.81. The van der Waals surface area contributed by atoms with Gasteiger partial charge in [0.15, 0.2) is 11.6 Å². The molecule has 0 bridgehead atoms. The average molecular weight is 322 g/mol. The summed E-state index contributed by atoms with van der Waals surface area (Å²) in [7, 11) is 0. The van der Waals surface area contributed by atoms with E-state index < -0.39 is 28.7 Å². The normalized spacial score (nSPS) is 65.7. The predicted octanol–water partition coefficient (Wildman–Crippen LogP) is 0.654. The lowest BCUT2D eigenvalue weighted by Gasteiger charge is -2.39. The molecule has 0 radical (unpaired) electrons. The van der Waals surface area contributed by atoms with Gasteiger partial charge in [0.1, 0.15) is 17.6 Å². The van der Waals surface area contributed by atoms with Crippen molar-refractivity contribution in [1.82, 2.24) is 0 Å². The van der Waals surface area contributed by atoms with Gasteiger partial charge >= 0.3 is 5.97 Å². The van der Waals surface area contributed by atoms with E-state index >= 15 is 0 Å². The van der Waals surface area contributed by atoms with E-state index in [1.165, 1.54) is 6.92 Å². The fourth-order valence-corrected chi connectivity index (χ4v) is 6.15. The molecule has 126 valence electrons. The molecule has 5 fully saturated rings. The van der Waals surface area contributed by atoms with Gasteiger partial charge in [-0.2, -0.15) is 0 Å². The molecule has 2 saturated carbocycles. The molecule has 3 heterocycles. The Bertz CT molecular complexity index is 643. The molecule has 5 rings (SSSR count). The van der Waals surface area contributed by atoms with Crippen LogP contribution in [0.1, 0.15) is 34.1 Å². The summed E-state index contributed by atoms with van der Waals surface area (Å²) in [6.07, 6.45) is -0.520. The maximum Gasteiger partial charge on any atom is 0.318 e. The number of epoxide rings is 1. The summed E-state index contributed by atoms with van der Waals surface area (Å²) in [4.78, 5) is 25.5. The molecule has 1 N–H and O–H groups in total. The third-order valence-electron chi connectivity index (χ3n) is 7.57. The van der Waals surface area contributed by atoms with Gasteiger partial charge in [-0.25, -0.2) is 0 Å². The highest BCUT2D eigenvalue weighted by Crippen LogP contribution is 2.68. The largest absolute Gasteiger partial charge is 0.461 e. The number of ether oxygens (including phenoxy) is 3. The van der Waals surface area contributed by atoms with Crippen molar-refractivity contribution >= 4 is 11.8 Å². The van der Waals surface area contributed by atoms with Crippen molar-refractivity contribution < 1.29 is 28.9 Å². The van der Waals surface area contributed by atoms with E-state index in [0.29, 0.717) is 6.42 Å². The summed E-state index contributed by atoms with van der Waals surface area (Å²) < 4.78 is 17.3. The molecule has 6 nitrogen and oxygen atoms in total. The van der Waals surface area contributed by atoms with Crippen LogP contribution in [0.25, 0.3) is 0 Å². The summed E-state index contributed by atoms with van der Waals surface area (Å²) in [6, 6.07) is 0. The molecule has 0 aromatic rings. The summed E-state index contributed by atoms with van der Waals surface area (Å²) >= 11 is 0. The first kappa shape index (κ1) is 14.4. The maximum absolute atomic E-state index is 13.0. The van der Waals surface area contributed by atoms with Gasteiger partial charge in [0.05, 0.1) is 17.6 Å². The molecule has 5 aliphatic rings. The molecule has 0 spiro atoms. The standard InChI is InChI=1S/C17H22O6/c1-6-5-7-9-13(15(2)8(6)10-11(22-10)12(15)18)23-17(4,20)16(9,3)14(19)21-7/h6-11,13,20H,5H2,1-4H3/t6-,7+,8-,9?,10+,11+,13-,15+,16+,17?/m1/s1. The van der Waals surface area contributed by atoms with Crippen LogP contribution in [-0.4, -0.2) is 47.1 Å². The van der Waals surface area contributed by atoms with Crippen molar-refractivity contribution in [2.45, 2.75) is 64.3 Å². The molecule has 2 aliphatic carbocycles. The number of fused-ring (bicyclic) bond motifs is 4. The van der Waals surface area contributed by atoms with Crippen molar-refractivity contribution in [3.05, 3.63) is 0 Å². The number of Topliss-reactive ketones (excluding diaryl/α,β-unsaturated/α-hetero) is 1. The first-order valence-electron chi connectivity index (χ1n) is 8.45. The Hall–Kier alpha value is -0.980. The van der Waals surface area contributed by atoms with Gasteiger partial charge in [-0.15, -0.1) is 0 Å². The van der Waals surface area contributed by atoms with Gasteiger partial charge in [-0.3, -0.25) is 9.59 Å². The van der Waals surface area contributed by atoms with Crippen LogP contribution in [0.15, 0.2) is 0 Å². The topological polar surface area (TPSA) is 85.4 Å². The van der Waals surface area contributed by atoms with Crippen LogP contribution >= 0.6 is 0 Å². The van der Waals surface area contributed by atoms with E-state index in [4.69, 9.17) is 14.2 Å². The van der Waals surface area contributed by atoms with E-state index in [1.807, 2.05) is 6.92 Å². The summed E-state index contributed by atoms with van der Waals surface area (Å²) in [5.74, 6) is -2.04. The Morgan fingerprint density at radius 3 is 2.57 bits per heavy atom. The molecule has 0 aromatic heterocycles. The quantitative estimate of drug-likeness (QED) is 0.521. The fourth-order valence-electron chi connectivity index (χ4n) is 6.15. The zero-order valence-corrected chi connectivity index (χ0v) is 13.7. The molecular weight excluding hydrogens is 300 g/mol. The van der Waals surface area contributed by atoms with Crippen LogP contribution in [-0.2, 0) is 23.8 Å². The zero-order valence-electron chi connectivity index (χ0n) is 13.7. The third kappa shape index (κ3) is 1.28. The van der Waals surface area contributed by atoms with Crippen LogP contribution in [0, 0.1) is 28.6 Å². The van der Waals surface area contributed by atoms with Gasteiger partial charge in [0.25, 0.3) is 0 Å². The van der Waals surface area contributed by atoms with E-state index in [0.717, 1.165) is 0 Å². The van der Waals surface area contributed by atoms with Gasteiger partial charge in [-0.1, -0.05) is 6.92 Å². The smallest absolute Gasteiger partial charge is 0.318 e. The Morgan fingerprint density at radius 1 is 1.17 bits per heavy atom. The van der Waals surface area contributed by atoms with E-state index in [2.05, 4.69) is 6.92 Å². The number of hydrogen-bond acceptors (Lipinski definition) is 6. The second-order valence-electron chi connectivity index (χ2n) is 8.60. The molecule has 6 heteroatoms. The monoisotopic (exact) mass is 322 g/mol. The van der Waals surface area contributed by atoms with Crippen LogP contribution in [0.4, 0.5) is 0 Å². The number of aliphatic hydroxyl groups is 1. The van der Waals surface area contributed by atoms with Crippen LogP contribution < -0.4 is 0 Å². The van der Waals surface area contributed by atoms with Crippen molar-refractivity contribution in [1.29, 1.82) is 0 Å². The van der Waals surface area contributed by atoms with Gasteiger partial charge < -0.3 is 19.3 Å². The highest BCUT2D eigenvalue weighted by atomic mass is 16.7.